The quantitative estimate of drug-likeness (QED) is 0.760. The van der Waals surface area contributed by atoms with Gasteiger partial charge in [0.2, 0.25) is 0 Å². The van der Waals surface area contributed by atoms with Gasteiger partial charge in [-0.3, -0.25) is 4.79 Å². The van der Waals surface area contributed by atoms with Crippen molar-refractivity contribution in [2.45, 2.75) is 32.7 Å². The highest BCUT2D eigenvalue weighted by Crippen LogP contribution is 2.06. The second-order valence-electron chi connectivity index (χ2n) is 3.28. The van der Waals surface area contributed by atoms with Crippen LogP contribution in [0.4, 0.5) is 0 Å². The second-order valence-corrected chi connectivity index (χ2v) is 3.28. The second kappa shape index (κ2) is 5.20. The van der Waals surface area contributed by atoms with Crippen LogP contribution in [0.3, 0.4) is 0 Å². The van der Waals surface area contributed by atoms with Crippen LogP contribution in [0.15, 0.2) is 10.7 Å². The van der Waals surface area contributed by atoms with E-state index in [9.17, 15) is 4.79 Å². The van der Waals surface area contributed by atoms with Crippen LogP contribution in [0.2, 0.25) is 0 Å². The van der Waals surface area contributed by atoms with Crippen molar-refractivity contribution >= 4 is 5.91 Å². The zero-order valence-electron chi connectivity index (χ0n) is 8.91. The first-order valence-corrected chi connectivity index (χ1v) is 4.87. The van der Waals surface area contributed by atoms with Gasteiger partial charge in [0.1, 0.15) is 11.3 Å². The Balaban J connectivity index is 2.64. The van der Waals surface area contributed by atoms with E-state index < -0.39 is 0 Å². The monoisotopic (exact) mass is 206 g/mol. The minimum absolute atomic E-state index is 0.225. The minimum atomic E-state index is -0.231. The van der Waals surface area contributed by atoms with Crippen molar-refractivity contribution < 1.29 is 9.32 Å². The number of aromatic nitrogens is 1. The molecule has 1 heterocycles. The molecule has 0 saturated heterocycles. The molecule has 0 radical (unpaired) electrons. The number of terminal acetylenes is 1. The molecule has 80 valence electrons. The summed E-state index contributed by atoms with van der Waals surface area (Å²) in [4.78, 5) is 11.7. The number of amides is 1. The summed E-state index contributed by atoms with van der Waals surface area (Å²) >= 11 is 0. The van der Waals surface area contributed by atoms with Crippen LogP contribution >= 0.6 is 0 Å². The fourth-order valence-electron chi connectivity index (χ4n) is 1.24. The average molecular weight is 206 g/mol. The van der Waals surface area contributed by atoms with Crippen molar-refractivity contribution in [3.05, 3.63) is 17.5 Å². The third-order valence-electron chi connectivity index (χ3n) is 2.08. The van der Waals surface area contributed by atoms with Gasteiger partial charge in [0.05, 0.1) is 12.2 Å². The molecule has 0 bridgehead atoms. The molecule has 0 aromatic carbocycles. The first-order chi connectivity index (χ1) is 7.19. The summed E-state index contributed by atoms with van der Waals surface area (Å²) in [6.07, 6.45) is 8.39. The lowest BCUT2D eigenvalue weighted by molar-refractivity contribution is 0.0943. The molecule has 1 unspecified atom stereocenters. The van der Waals surface area contributed by atoms with Gasteiger partial charge in [0.25, 0.3) is 5.91 Å². The number of nitrogens with zero attached hydrogens (tertiary/aromatic N) is 1. The van der Waals surface area contributed by atoms with Crippen molar-refractivity contribution in [3.63, 3.8) is 0 Å². The van der Waals surface area contributed by atoms with Crippen molar-refractivity contribution in [2.24, 2.45) is 0 Å². The molecule has 15 heavy (non-hydrogen) atoms. The third-order valence-corrected chi connectivity index (χ3v) is 2.08. The van der Waals surface area contributed by atoms with E-state index in [4.69, 9.17) is 10.9 Å². The Bertz CT molecular complexity index is 376. The Hall–Kier alpha value is -1.76. The van der Waals surface area contributed by atoms with Gasteiger partial charge < -0.3 is 9.84 Å². The molecule has 1 aromatic rings. The van der Waals surface area contributed by atoms with E-state index >= 15 is 0 Å². The number of carbonyl (C=O) groups is 1. The van der Waals surface area contributed by atoms with E-state index in [-0.39, 0.29) is 11.9 Å². The van der Waals surface area contributed by atoms with Crippen molar-refractivity contribution in [3.8, 4) is 12.3 Å². The zero-order valence-corrected chi connectivity index (χ0v) is 8.91. The highest BCUT2D eigenvalue weighted by Gasteiger charge is 2.15. The maximum absolute atomic E-state index is 11.7. The summed E-state index contributed by atoms with van der Waals surface area (Å²) in [5.41, 5.74) is 0.436. The molecule has 1 rings (SSSR count). The maximum atomic E-state index is 11.7. The molecule has 1 amide bonds. The number of hydrogen-bond acceptors (Lipinski definition) is 3. The van der Waals surface area contributed by atoms with E-state index in [1.807, 2.05) is 6.92 Å². The number of aryl methyl sites for hydroxylation is 1. The topological polar surface area (TPSA) is 55.1 Å². The molecule has 0 spiro atoms. The summed E-state index contributed by atoms with van der Waals surface area (Å²) in [5, 5.41) is 6.27. The van der Waals surface area contributed by atoms with Gasteiger partial charge in [-0.05, 0) is 13.3 Å². The van der Waals surface area contributed by atoms with Gasteiger partial charge in [0.15, 0.2) is 0 Å². The Morgan fingerprint density at radius 2 is 2.53 bits per heavy atom. The first kappa shape index (κ1) is 11.3. The Morgan fingerprint density at radius 3 is 3.00 bits per heavy atom. The van der Waals surface area contributed by atoms with Crippen molar-refractivity contribution in [2.75, 3.05) is 0 Å². The Labute approximate surface area is 89.0 Å². The van der Waals surface area contributed by atoms with Crippen molar-refractivity contribution in [1.82, 2.24) is 10.5 Å². The summed E-state index contributed by atoms with van der Waals surface area (Å²) in [6.45, 7) is 3.70. The molecular weight excluding hydrogens is 192 g/mol. The fourth-order valence-corrected chi connectivity index (χ4v) is 1.24. The van der Waals surface area contributed by atoms with Crippen LogP contribution in [0.5, 0.6) is 0 Å². The average Bonchev–Trinajstić information content (AvgIpc) is 2.63. The zero-order chi connectivity index (χ0) is 11.3. The van der Waals surface area contributed by atoms with E-state index in [1.54, 1.807) is 6.92 Å². The van der Waals surface area contributed by atoms with Gasteiger partial charge in [-0.25, -0.2) is 0 Å². The summed E-state index contributed by atoms with van der Waals surface area (Å²) < 4.78 is 4.80. The van der Waals surface area contributed by atoms with Gasteiger partial charge in [-0.2, -0.15) is 0 Å². The molecule has 4 heteroatoms. The number of rotatable bonds is 4. The van der Waals surface area contributed by atoms with Crippen molar-refractivity contribution in [1.29, 1.82) is 0 Å². The molecule has 0 aliphatic heterocycles. The third kappa shape index (κ3) is 2.84. The Kier molecular flexibility index (Phi) is 3.92. The fraction of sp³-hybridized carbons (Fsp3) is 0.455. The summed E-state index contributed by atoms with van der Waals surface area (Å²) in [5.74, 6) is 2.80. The molecular formula is C11H14N2O2. The van der Waals surface area contributed by atoms with E-state index in [0.717, 1.165) is 12.8 Å². The maximum Gasteiger partial charge on any atom is 0.257 e. The highest BCUT2D eigenvalue weighted by molar-refractivity contribution is 5.95. The number of nitrogens with one attached hydrogen (secondary N) is 1. The molecule has 0 fully saturated rings. The smallest absolute Gasteiger partial charge is 0.257 e. The van der Waals surface area contributed by atoms with Gasteiger partial charge >= 0.3 is 0 Å². The van der Waals surface area contributed by atoms with Gasteiger partial charge in [-0.15, -0.1) is 6.42 Å². The lowest BCUT2D eigenvalue weighted by atomic mass is 10.1. The predicted octanol–water partition coefficient (Wildman–Crippen LogP) is 1.51. The molecule has 1 atom stereocenters. The molecule has 0 aliphatic rings. The van der Waals surface area contributed by atoms with Crippen LogP contribution in [0.1, 0.15) is 35.9 Å². The minimum Gasteiger partial charge on any atom is -0.361 e. The van der Waals surface area contributed by atoms with Crippen LogP contribution in [0, 0.1) is 19.3 Å². The molecule has 0 aliphatic carbocycles. The molecule has 1 N–H and O–H groups in total. The SMILES string of the molecule is C#CC(CCC)NC(=O)c1cnoc1C. The van der Waals surface area contributed by atoms with Crippen LogP contribution in [0.25, 0.3) is 0 Å². The summed E-state index contributed by atoms with van der Waals surface area (Å²) in [6, 6.07) is -0.225. The van der Waals surface area contributed by atoms with Gasteiger partial charge in [-0.1, -0.05) is 24.4 Å². The predicted molar refractivity (Wildman–Crippen MR) is 56.2 cm³/mol. The van der Waals surface area contributed by atoms with Crippen LogP contribution < -0.4 is 5.32 Å². The van der Waals surface area contributed by atoms with E-state index in [1.165, 1.54) is 6.20 Å². The largest absolute Gasteiger partial charge is 0.361 e. The van der Waals surface area contributed by atoms with Crippen LogP contribution in [-0.2, 0) is 0 Å². The summed E-state index contributed by atoms with van der Waals surface area (Å²) in [7, 11) is 0. The number of hydrogen-bond donors (Lipinski definition) is 1. The van der Waals surface area contributed by atoms with Crippen LogP contribution in [-0.4, -0.2) is 17.1 Å². The first-order valence-electron chi connectivity index (χ1n) is 4.87. The van der Waals surface area contributed by atoms with Gasteiger partial charge in [0, 0.05) is 0 Å². The lowest BCUT2D eigenvalue weighted by Crippen LogP contribution is -2.33. The number of carbonyl (C=O) groups excluding carboxylic acids is 1. The molecule has 0 saturated carbocycles. The lowest BCUT2D eigenvalue weighted by Gasteiger charge is -2.10. The van der Waals surface area contributed by atoms with E-state index in [0.29, 0.717) is 11.3 Å². The highest BCUT2D eigenvalue weighted by atomic mass is 16.5. The normalized spacial score (nSPS) is 11.8. The standard InChI is InChI=1S/C11H14N2O2/c1-4-6-9(5-2)13-11(14)10-7-12-15-8(10)3/h2,7,9H,4,6H2,1,3H3,(H,13,14). The Morgan fingerprint density at radius 1 is 1.80 bits per heavy atom. The molecule has 1 aromatic heterocycles. The van der Waals surface area contributed by atoms with E-state index in [2.05, 4.69) is 16.4 Å². The molecule has 4 nitrogen and oxygen atoms in total.